The maximum atomic E-state index is 12.7. The van der Waals surface area contributed by atoms with Gasteiger partial charge in [-0.25, -0.2) is 9.59 Å². The Labute approximate surface area is 512 Å². The van der Waals surface area contributed by atoms with E-state index in [4.69, 9.17) is 37.9 Å². The summed E-state index contributed by atoms with van der Waals surface area (Å²) in [4.78, 5) is 25.3. The number of hydrogen-bond acceptors (Lipinski definition) is 10. The Kier molecular flexibility index (Phi) is 25.7. The highest BCUT2D eigenvalue weighted by molar-refractivity contribution is 5.87. The Morgan fingerprint density at radius 1 is 0.548 bits per heavy atom. The molecular weight excluding hydrogens is 1050 g/mol. The van der Waals surface area contributed by atoms with Gasteiger partial charge in [0.15, 0.2) is 0 Å². The highest BCUT2D eigenvalue weighted by Gasteiger charge is 2.51. The van der Waals surface area contributed by atoms with Crippen LogP contribution in [-0.2, 0) is 38.0 Å². The van der Waals surface area contributed by atoms with Gasteiger partial charge in [0.1, 0.15) is 22.7 Å². The van der Waals surface area contributed by atoms with E-state index in [0.717, 1.165) is 82.0 Å². The molecule has 5 unspecified atom stereocenters. The van der Waals surface area contributed by atoms with Gasteiger partial charge in [-0.15, -0.1) is 6.58 Å². The largest absolute Gasteiger partial charge is 0.493 e. The molecule has 2 aliphatic rings. The van der Waals surface area contributed by atoms with Crippen LogP contribution >= 0.6 is 0 Å². The number of carbonyl (C=O) groups is 2. The van der Waals surface area contributed by atoms with Crippen LogP contribution in [0.15, 0.2) is 97.6 Å². The zero-order valence-electron chi connectivity index (χ0n) is 56.9. The highest BCUT2D eigenvalue weighted by Crippen LogP contribution is 2.59. The highest BCUT2D eigenvalue weighted by atomic mass is 16.6. The summed E-state index contributed by atoms with van der Waals surface area (Å²) in [5, 5.41) is 0. The second-order valence-corrected chi connectivity index (χ2v) is 31.2. The van der Waals surface area contributed by atoms with Crippen LogP contribution in [0.2, 0.25) is 0 Å². The number of para-hydroxylation sites is 2. The first-order valence-corrected chi connectivity index (χ1v) is 32.0. The molecule has 0 radical (unpaired) electrons. The molecule has 0 aromatic heterocycles. The summed E-state index contributed by atoms with van der Waals surface area (Å²) in [6.45, 7) is 57.9. The lowest BCUT2D eigenvalue weighted by Crippen LogP contribution is -2.48. The third kappa shape index (κ3) is 22.0. The van der Waals surface area contributed by atoms with E-state index < -0.39 is 34.3 Å². The van der Waals surface area contributed by atoms with Crippen molar-refractivity contribution >= 4 is 11.9 Å². The van der Waals surface area contributed by atoms with Crippen LogP contribution in [-0.4, -0.2) is 85.2 Å². The number of esters is 2. The summed E-state index contributed by atoms with van der Waals surface area (Å²) >= 11 is 0. The second-order valence-electron chi connectivity index (χ2n) is 31.2. The van der Waals surface area contributed by atoms with Gasteiger partial charge < -0.3 is 37.9 Å². The van der Waals surface area contributed by atoms with E-state index in [-0.39, 0.29) is 44.7 Å². The normalized spacial score (nSPS) is 21.8. The fourth-order valence-corrected chi connectivity index (χ4v) is 13.2. The number of ether oxygens (including phenoxy) is 8. The van der Waals surface area contributed by atoms with Crippen molar-refractivity contribution in [3.8, 4) is 11.5 Å². The first-order chi connectivity index (χ1) is 38.7. The smallest absolute Gasteiger partial charge is 0.333 e. The summed E-state index contributed by atoms with van der Waals surface area (Å²) in [6.07, 6.45) is 16.5. The molecule has 2 saturated carbocycles. The van der Waals surface area contributed by atoms with Crippen LogP contribution in [0.4, 0.5) is 0 Å². The lowest BCUT2D eigenvalue weighted by Gasteiger charge is -2.55. The van der Waals surface area contributed by atoms with Crippen LogP contribution in [0, 0.1) is 51.2 Å². The average molecular weight is 1170 g/mol. The molecule has 476 valence electrons. The zero-order valence-corrected chi connectivity index (χ0v) is 56.9. The van der Waals surface area contributed by atoms with Crippen LogP contribution < -0.4 is 9.47 Å². The maximum absolute atomic E-state index is 12.7. The van der Waals surface area contributed by atoms with E-state index in [2.05, 4.69) is 123 Å². The van der Waals surface area contributed by atoms with Crippen LogP contribution in [0.3, 0.4) is 0 Å². The minimum absolute atomic E-state index is 0.127. The molecule has 10 nitrogen and oxygen atoms in total. The number of carbonyl (C=O) groups excluding carboxylic acids is 2. The number of hydrogen-bond donors (Lipinski definition) is 0. The number of allylic oxidation sites excluding steroid dienone is 1. The Hall–Kier alpha value is -3.96. The van der Waals surface area contributed by atoms with Gasteiger partial charge in [0.05, 0.1) is 60.7 Å². The predicted octanol–water partition coefficient (Wildman–Crippen LogP) is 18.6. The lowest BCUT2D eigenvalue weighted by atomic mass is 9.51. The first-order valence-electron chi connectivity index (χ1n) is 32.0. The monoisotopic (exact) mass is 1170 g/mol. The van der Waals surface area contributed by atoms with Gasteiger partial charge in [0.2, 0.25) is 0 Å². The zero-order chi connectivity index (χ0) is 63.2. The van der Waals surface area contributed by atoms with Crippen molar-refractivity contribution in [2.45, 2.75) is 256 Å². The van der Waals surface area contributed by atoms with Crippen molar-refractivity contribution in [3.05, 3.63) is 97.6 Å². The molecule has 0 aliphatic heterocycles. The molecule has 5 atom stereocenters. The molecule has 0 spiro atoms. The van der Waals surface area contributed by atoms with E-state index in [1.54, 1.807) is 13.8 Å². The Morgan fingerprint density at radius 2 is 0.929 bits per heavy atom. The van der Waals surface area contributed by atoms with Gasteiger partial charge >= 0.3 is 11.9 Å². The van der Waals surface area contributed by atoms with E-state index in [0.29, 0.717) is 49.4 Å². The first kappa shape index (κ1) is 72.5. The van der Waals surface area contributed by atoms with Gasteiger partial charge in [-0.3, -0.25) is 0 Å². The maximum Gasteiger partial charge on any atom is 0.333 e. The van der Waals surface area contributed by atoms with E-state index >= 15 is 0 Å². The molecule has 0 bridgehead atoms. The molecule has 2 aromatic rings. The predicted molar refractivity (Wildman–Crippen MR) is 345 cm³/mol. The van der Waals surface area contributed by atoms with E-state index in [9.17, 15) is 9.59 Å². The van der Waals surface area contributed by atoms with Crippen molar-refractivity contribution in [2.24, 2.45) is 51.2 Å². The van der Waals surface area contributed by atoms with Gasteiger partial charge in [-0.1, -0.05) is 110 Å². The average Bonchev–Trinajstić information content (AvgIpc) is 1.17. The summed E-state index contributed by atoms with van der Waals surface area (Å²) < 4.78 is 51.3. The fraction of sp³-hybridized carbons (Fsp3) is 0.730. The summed E-state index contributed by atoms with van der Waals surface area (Å²) in [5.74, 6) is 2.19. The molecule has 2 aromatic carbocycles. The molecule has 0 amide bonds. The van der Waals surface area contributed by atoms with E-state index in [1.807, 2.05) is 88.4 Å². The van der Waals surface area contributed by atoms with Gasteiger partial charge in [-0.2, -0.15) is 0 Å². The molecule has 10 heteroatoms. The third-order valence-corrected chi connectivity index (χ3v) is 20.2. The summed E-state index contributed by atoms with van der Waals surface area (Å²) in [7, 11) is 0. The SMILES string of the molecule is C=CC1CC(C)(CC(C)(C)OCCCCC(C)(C)C(C)(C)OCC(COc2ccccc2)C(C)(C)OC(=O)C(=C)C)CCC1C1CC(C)(CC(C)(C)OCCCCC(C)(C)C(C)(C)OCC(COc2ccccc2)C(C)(C)OC(=O)C(=C)C)C1. The number of rotatable bonds is 38. The molecule has 0 heterocycles. The minimum atomic E-state index is -0.843. The lowest BCUT2D eigenvalue weighted by molar-refractivity contribution is -0.171. The Balaban J connectivity index is 1.19. The van der Waals surface area contributed by atoms with Crippen molar-refractivity contribution in [3.63, 3.8) is 0 Å². The molecule has 2 aliphatic carbocycles. The Bertz CT molecular complexity index is 2390. The van der Waals surface area contributed by atoms with Crippen molar-refractivity contribution < 1.29 is 47.5 Å². The summed E-state index contributed by atoms with van der Waals surface area (Å²) in [6, 6.07) is 19.4. The van der Waals surface area contributed by atoms with Gasteiger partial charge in [0, 0.05) is 24.4 Å². The molecular formula is C74H120O10. The standard InChI is InChI=1S/C74H120O10/c1-24-56-45-73(22,52-67(10,11)79-43-33-31-40-65(6,7)71(18,19)81-50-58(48-77-60-35-27-25-28-36-60)69(14,15)83-63(75)54(2)3)42-39-62(56)57-46-74(23,47-57)53-68(12,13)80-44-34-32-41-66(8,9)72(20,21)82-51-59(49-78-61-37-29-26-30-38-61)70(16,17)84-64(76)55(4)5/h24-30,35-38,56-59,62H,1-2,4,31-34,39-53H2,3,5-23H3. The van der Waals surface area contributed by atoms with Gasteiger partial charge in [0.25, 0.3) is 0 Å². The fourth-order valence-electron chi connectivity index (χ4n) is 13.2. The molecule has 0 saturated heterocycles. The van der Waals surface area contributed by atoms with Crippen LogP contribution in [0.5, 0.6) is 11.5 Å². The third-order valence-electron chi connectivity index (χ3n) is 20.2. The van der Waals surface area contributed by atoms with Crippen LogP contribution in [0.1, 0.15) is 222 Å². The molecule has 2 fully saturated rings. The molecule has 84 heavy (non-hydrogen) atoms. The molecule has 0 N–H and O–H groups in total. The van der Waals surface area contributed by atoms with E-state index in [1.165, 1.54) is 32.1 Å². The Morgan fingerprint density at radius 3 is 1.30 bits per heavy atom. The quantitative estimate of drug-likeness (QED) is 0.0279. The number of benzene rings is 2. The summed E-state index contributed by atoms with van der Waals surface area (Å²) in [5.41, 5.74) is -2.07. The van der Waals surface area contributed by atoms with Crippen molar-refractivity contribution in [2.75, 3.05) is 39.6 Å². The van der Waals surface area contributed by atoms with Crippen molar-refractivity contribution in [1.29, 1.82) is 0 Å². The van der Waals surface area contributed by atoms with Crippen molar-refractivity contribution in [1.82, 2.24) is 0 Å². The topological polar surface area (TPSA) is 108 Å². The minimum Gasteiger partial charge on any atom is -0.493 e. The molecule has 4 rings (SSSR count). The number of unbranched alkanes of at least 4 members (excludes halogenated alkanes) is 2. The van der Waals surface area contributed by atoms with Crippen LogP contribution in [0.25, 0.3) is 0 Å². The van der Waals surface area contributed by atoms with Gasteiger partial charge in [-0.05, 0) is 231 Å². The second kappa shape index (κ2) is 29.8.